The predicted molar refractivity (Wildman–Crippen MR) is 102 cm³/mol. The van der Waals surface area contributed by atoms with E-state index in [1.54, 1.807) is 0 Å². The number of hydrogen-bond acceptors (Lipinski definition) is 3. The molecule has 1 saturated heterocycles. The molecule has 1 aromatic carbocycles. The summed E-state index contributed by atoms with van der Waals surface area (Å²) in [5.41, 5.74) is 2.31. The van der Waals surface area contributed by atoms with Crippen molar-refractivity contribution in [3.63, 3.8) is 0 Å². The predicted octanol–water partition coefficient (Wildman–Crippen LogP) is 4.18. The van der Waals surface area contributed by atoms with Gasteiger partial charge in [-0.3, -0.25) is 4.68 Å². The Morgan fingerprint density at radius 2 is 2.04 bits per heavy atom. The SMILES string of the molecule is CCCN1CCCCC1CCOC(c1ccccc1)c1ccnn1C. The Morgan fingerprint density at radius 1 is 1.20 bits per heavy atom. The van der Waals surface area contributed by atoms with Gasteiger partial charge in [0.05, 0.1) is 5.69 Å². The van der Waals surface area contributed by atoms with E-state index in [2.05, 4.69) is 53.3 Å². The second kappa shape index (κ2) is 9.16. The minimum absolute atomic E-state index is 0.0445. The Labute approximate surface area is 151 Å². The Balaban J connectivity index is 1.64. The van der Waals surface area contributed by atoms with Gasteiger partial charge in [-0.25, -0.2) is 0 Å². The number of benzene rings is 1. The topological polar surface area (TPSA) is 30.3 Å². The van der Waals surface area contributed by atoms with Gasteiger partial charge in [-0.15, -0.1) is 0 Å². The van der Waals surface area contributed by atoms with Crippen LogP contribution in [0.5, 0.6) is 0 Å². The summed E-state index contributed by atoms with van der Waals surface area (Å²) < 4.78 is 8.31. The highest BCUT2D eigenvalue weighted by atomic mass is 16.5. The smallest absolute Gasteiger partial charge is 0.124 e. The molecule has 0 spiro atoms. The first kappa shape index (κ1) is 18.2. The van der Waals surface area contributed by atoms with Gasteiger partial charge in [0, 0.05) is 25.9 Å². The maximum atomic E-state index is 6.40. The molecule has 0 aliphatic carbocycles. The molecule has 136 valence electrons. The summed E-state index contributed by atoms with van der Waals surface area (Å²) in [6.45, 7) is 5.53. The molecule has 2 unspecified atom stereocenters. The molecule has 0 radical (unpaired) electrons. The van der Waals surface area contributed by atoms with Crippen LogP contribution in [0.3, 0.4) is 0 Å². The number of ether oxygens (including phenoxy) is 1. The van der Waals surface area contributed by atoms with E-state index in [-0.39, 0.29) is 6.10 Å². The second-order valence-corrected chi connectivity index (χ2v) is 7.02. The Morgan fingerprint density at radius 3 is 2.76 bits per heavy atom. The first-order valence-electron chi connectivity index (χ1n) is 9.68. The van der Waals surface area contributed by atoms with Crippen LogP contribution in [-0.2, 0) is 11.8 Å². The van der Waals surface area contributed by atoms with E-state index in [0.29, 0.717) is 6.04 Å². The summed E-state index contributed by atoms with van der Waals surface area (Å²) in [7, 11) is 1.98. The monoisotopic (exact) mass is 341 g/mol. The average molecular weight is 341 g/mol. The van der Waals surface area contributed by atoms with Gasteiger partial charge in [-0.1, -0.05) is 43.7 Å². The molecule has 1 fully saturated rings. The van der Waals surface area contributed by atoms with Crippen molar-refractivity contribution in [2.24, 2.45) is 7.05 Å². The minimum Gasteiger partial charge on any atom is -0.367 e. The molecule has 3 rings (SSSR count). The third-order valence-corrected chi connectivity index (χ3v) is 5.23. The van der Waals surface area contributed by atoms with Gasteiger partial charge in [-0.2, -0.15) is 5.10 Å². The molecule has 2 heterocycles. The first-order chi connectivity index (χ1) is 12.3. The van der Waals surface area contributed by atoms with Crippen LogP contribution < -0.4 is 0 Å². The highest BCUT2D eigenvalue weighted by Gasteiger charge is 2.23. The molecule has 1 aliphatic rings. The number of rotatable bonds is 8. The fourth-order valence-electron chi connectivity index (χ4n) is 3.91. The molecular formula is C21H31N3O. The maximum Gasteiger partial charge on any atom is 0.124 e. The lowest BCUT2D eigenvalue weighted by Gasteiger charge is -2.35. The highest BCUT2D eigenvalue weighted by molar-refractivity contribution is 5.25. The summed E-state index contributed by atoms with van der Waals surface area (Å²) in [5.74, 6) is 0. The van der Waals surface area contributed by atoms with Crippen molar-refractivity contribution in [3.05, 3.63) is 53.9 Å². The molecule has 25 heavy (non-hydrogen) atoms. The highest BCUT2D eigenvalue weighted by Crippen LogP contribution is 2.27. The van der Waals surface area contributed by atoms with E-state index >= 15 is 0 Å². The first-order valence-corrected chi connectivity index (χ1v) is 9.68. The van der Waals surface area contributed by atoms with Crippen molar-refractivity contribution in [1.29, 1.82) is 0 Å². The molecule has 4 heteroatoms. The normalized spacial score (nSPS) is 19.8. The van der Waals surface area contributed by atoms with Crippen molar-refractivity contribution >= 4 is 0 Å². The third kappa shape index (κ3) is 4.71. The summed E-state index contributed by atoms with van der Waals surface area (Å²) in [6.07, 6.45) is 8.16. The zero-order chi connectivity index (χ0) is 17.5. The molecule has 0 N–H and O–H groups in total. The largest absolute Gasteiger partial charge is 0.367 e. The van der Waals surface area contributed by atoms with E-state index in [4.69, 9.17) is 4.74 Å². The summed E-state index contributed by atoms with van der Waals surface area (Å²) >= 11 is 0. The minimum atomic E-state index is -0.0445. The molecule has 0 saturated carbocycles. The second-order valence-electron chi connectivity index (χ2n) is 7.02. The molecule has 4 nitrogen and oxygen atoms in total. The van der Waals surface area contributed by atoms with Crippen LogP contribution >= 0.6 is 0 Å². The zero-order valence-corrected chi connectivity index (χ0v) is 15.6. The molecular weight excluding hydrogens is 310 g/mol. The van der Waals surface area contributed by atoms with Crippen molar-refractivity contribution in [1.82, 2.24) is 14.7 Å². The van der Waals surface area contributed by atoms with Crippen molar-refractivity contribution < 1.29 is 4.74 Å². The van der Waals surface area contributed by atoms with E-state index in [1.165, 1.54) is 44.3 Å². The number of nitrogens with zero attached hydrogens (tertiary/aromatic N) is 3. The summed E-state index contributed by atoms with van der Waals surface area (Å²) in [6, 6.07) is 13.2. The van der Waals surface area contributed by atoms with E-state index < -0.39 is 0 Å². The molecule has 1 aliphatic heterocycles. The Hall–Kier alpha value is -1.65. The van der Waals surface area contributed by atoms with Gasteiger partial charge in [0.15, 0.2) is 0 Å². The number of aryl methyl sites for hydroxylation is 1. The molecule has 2 atom stereocenters. The lowest BCUT2D eigenvalue weighted by atomic mass is 9.99. The van der Waals surface area contributed by atoms with E-state index in [1.807, 2.05) is 17.9 Å². The lowest BCUT2D eigenvalue weighted by molar-refractivity contribution is 0.0449. The van der Waals surface area contributed by atoms with Gasteiger partial charge >= 0.3 is 0 Å². The maximum absolute atomic E-state index is 6.40. The number of piperidine rings is 1. The molecule has 1 aromatic heterocycles. The quantitative estimate of drug-likeness (QED) is 0.721. The standard InChI is InChI=1S/C21H31N3O/c1-3-15-24-16-8-7-11-19(24)13-17-25-21(18-9-5-4-6-10-18)20-12-14-22-23(20)2/h4-6,9-10,12,14,19,21H,3,7-8,11,13,15-17H2,1-2H3. The Bertz CT molecular complexity index is 623. The van der Waals surface area contributed by atoms with E-state index in [9.17, 15) is 0 Å². The van der Waals surface area contributed by atoms with Crippen LogP contribution in [0.25, 0.3) is 0 Å². The van der Waals surface area contributed by atoms with Crippen LogP contribution in [-0.4, -0.2) is 40.4 Å². The molecule has 0 amide bonds. The van der Waals surface area contributed by atoms with Gasteiger partial charge in [-0.05, 0) is 50.4 Å². The Kier molecular flexibility index (Phi) is 6.65. The van der Waals surface area contributed by atoms with Crippen molar-refractivity contribution in [3.8, 4) is 0 Å². The van der Waals surface area contributed by atoms with Crippen LogP contribution in [0, 0.1) is 0 Å². The number of likely N-dealkylation sites (tertiary alicyclic amines) is 1. The lowest BCUT2D eigenvalue weighted by Crippen LogP contribution is -2.40. The fraction of sp³-hybridized carbons (Fsp3) is 0.571. The van der Waals surface area contributed by atoms with Crippen LogP contribution in [0.2, 0.25) is 0 Å². The molecule has 0 bridgehead atoms. The van der Waals surface area contributed by atoms with Crippen molar-refractivity contribution in [2.45, 2.75) is 51.2 Å². The fourth-order valence-corrected chi connectivity index (χ4v) is 3.91. The van der Waals surface area contributed by atoms with Crippen LogP contribution in [0.1, 0.15) is 56.4 Å². The number of hydrogen-bond donors (Lipinski definition) is 0. The van der Waals surface area contributed by atoms with Gasteiger partial charge in [0.1, 0.15) is 6.10 Å². The average Bonchev–Trinajstić information content (AvgIpc) is 3.07. The summed E-state index contributed by atoms with van der Waals surface area (Å²) in [5, 5.41) is 4.33. The zero-order valence-electron chi connectivity index (χ0n) is 15.6. The van der Waals surface area contributed by atoms with Gasteiger partial charge < -0.3 is 9.64 Å². The van der Waals surface area contributed by atoms with Gasteiger partial charge in [0.2, 0.25) is 0 Å². The van der Waals surface area contributed by atoms with Crippen LogP contribution in [0.15, 0.2) is 42.6 Å². The van der Waals surface area contributed by atoms with Crippen molar-refractivity contribution in [2.75, 3.05) is 19.7 Å². The third-order valence-electron chi connectivity index (χ3n) is 5.23. The molecule has 2 aromatic rings. The van der Waals surface area contributed by atoms with E-state index in [0.717, 1.165) is 18.7 Å². The van der Waals surface area contributed by atoms with Crippen LogP contribution in [0.4, 0.5) is 0 Å². The van der Waals surface area contributed by atoms with Gasteiger partial charge in [0.25, 0.3) is 0 Å². The summed E-state index contributed by atoms with van der Waals surface area (Å²) in [4.78, 5) is 2.66. The number of aromatic nitrogens is 2.